The Labute approximate surface area is 361 Å². The fraction of sp³-hybridized carbons (Fsp3) is 0.615. The summed E-state index contributed by atoms with van der Waals surface area (Å²) >= 11 is 0. The molecule has 0 aromatic carbocycles. The molecule has 0 aromatic rings. The first-order valence-electron chi connectivity index (χ1n) is 23.8. The van der Waals surface area contributed by atoms with Crippen molar-refractivity contribution in [2.75, 3.05) is 6.61 Å². The van der Waals surface area contributed by atoms with Gasteiger partial charge in [0.15, 0.2) is 0 Å². The van der Waals surface area contributed by atoms with Crippen molar-refractivity contribution in [3.63, 3.8) is 0 Å². The van der Waals surface area contributed by atoms with E-state index in [1.807, 2.05) is 19.9 Å². The van der Waals surface area contributed by atoms with E-state index in [0.717, 1.165) is 109 Å². The normalized spacial score (nSPS) is 21.6. The maximum absolute atomic E-state index is 13.2. The van der Waals surface area contributed by atoms with Crippen molar-refractivity contribution in [1.82, 2.24) is 5.32 Å². The van der Waals surface area contributed by atoms with Gasteiger partial charge in [-0.2, -0.15) is 0 Å². The zero-order valence-corrected chi connectivity index (χ0v) is 38.3. The SMILES string of the molecule is CCCCCCCCCCCCCCCCCCOC(=O)CC[C@@H]1C2=C3CC(O)=C4C3=NC(=C4C)C=C3N=C(C=C4N=C(C(C)=C4[C@H](C)O)C(C)=C(N2)[C@H]1C)C(C)=C3CC. The third-order valence-electron chi connectivity index (χ3n) is 13.8. The van der Waals surface area contributed by atoms with Crippen molar-refractivity contribution in [3.8, 4) is 0 Å². The van der Waals surface area contributed by atoms with Crippen LogP contribution in [0.2, 0.25) is 0 Å². The Hall–Kier alpha value is -4.04. The van der Waals surface area contributed by atoms with Gasteiger partial charge in [-0.25, -0.2) is 15.0 Å². The average molecular weight is 819 g/mol. The van der Waals surface area contributed by atoms with Gasteiger partial charge >= 0.3 is 5.97 Å². The van der Waals surface area contributed by atoms with E-state index >= 15 is 0 Å². The molecule has 0 saturated carbocycles. The molecule has 0 unspecified atom stereocenters. The highest BCUT2D eigenvalue weighted by Gasteiger charge is 2.42. The minimum absolute atomic E-state index is 0.0160. The summed E-state index contributed by atoms with van der Waals surface area (Å²) in [5, 5.41) is 26.4. The molecule has 0 spiro atoms. The Bertz CT molecular complexity index is 2020. The summed E-state index contributed by atoms with van der Waals surface area (Å²) in [5.41, 5.74) is 14.7. The maximum atomic E-state index is 13.2. The lowest BCUT2D eigenvalue weighted by Gasteiger charge is -2.18. The molecule has 8 nitrogen and oxygen atoms in total. The summed E-state index contributed by atoms with van der Waals surface area (Å²) < 4.78 is 5.80. The number of hydrogen-bond donors (Lipinski definition) is 3. The predicted molar refractivity (Wildman–Crippen MR) is 248 cm³/mol. The number of carbonyl (C=O) groups excluding carboxylic acids is 1. The minimum atomic E-state index is -0.710. The summed E-state index contributed by atoms with van der Waals surface area (Å²) in [6, 6.07) is 0. The van der Waals surface area contributed by atoms with E-state index in [-0.39, 0.29) is 17.8 Å². The first-order valence-corrected chi connectivity index (χ1v) is 23.8. The monoisotopic (exact) mass is 819 g/mol. The van der Waals surface area contributed by atoms with E-state index in [9.17, 15) is 15.0 Å². The van der Waals surface area contributed by atoms with Gasteiger partial charge in [-0.05, 0) is 93.9 Å². The van der Waals surface area contributed by atoms with Crippen LogP contribution in [0.15, 0.2) is 106 Å². The van der Waals surface area contributed by atoms with Gasteiger partial charge in [0, 0.05) is 52.8 Å². The lowest BCUT2D eigenvalue weighted by molar-refractivity contribution is -0.144. The molecule has 3 atom stereocenters. The average Bonchev–Trinajstić information content (AvgIpc) is 3.99. The van der Waals surface area contributed by atoms with E-state index in [0.29, 0.717) is 31.6 Å². The molecule has 8 bridgehead atoms. The van der Waals surface area contributed by atoms with Crippen molar-refractivity contribution in [2.45, 2.75) is 190 Å². The number of unbranched alkanes of at least 4 members (excludes halogenated alkanes) is 15. The van der Waals surface area contributed by atoms with Crippen LogP contribution in [0.4, 0.5) is 0 Å². The van der Waals surface area contributed by atoms with Crippen molar-refractivity contribution in [3.05, 3.63) is 91.0 Å². The Morgan fingerprint density at radius 2 is 1.38 bits per heavy atom. The van der Waals surface area contributed by atoms with E-state index < -0.39 is 6.10 Å². The minimum Gasteiger partial charge on any atom is -0.511 e. The van der Waals surface area contributed by atoms with Gasteiger partial charge in [0.25, 0.3) is 0 Å². The molecule has 6 rings (SSSR count). The molecule has 1 saturated heterocycles. The second-order valence-corrected chi connectivity index (χ2v) is 18.2. The quantitative estimate of drug-likeness (QED) is 0.0743. The molecular formula is C52H74N4O4. The number of allylic oxidation sites excluding steroid dienone is 11. The summed E-state index contributed by atoms with van der Waals surface area (Å²) in [6.45, 7) is 17.2. The Kier molecular flexibility index (Phi) is 16.0. The lowest BCUT2D eigenvalue weighted by Crippen LogP contribution is -2.16. The molecule has 60 heavy (non-hydrogen) atoms. The highest BCUT2D eigenvalue weighted by Crippen LogP contribution is 2.47. The number of aliphatic imine (C=N–C) groups is 3. The van der Waals surface area contributed by atoms with E-state index in [1.54, 1.807) is 6.92 Å². The Balaban J connectivity index is 1.10. The molecule has 0 aromatic heterocycles. The van der Waals surface area contributed by atoms with E-state index in [1.165, 1.54) is 89.9 Å². The van der Waals surface area contributed by atoms with Gasteiger partial charge in [0.1, 0.15) is 5.76 Å². The first-order chi connectivity index (χ1) is 29.0. The fourth-order valence-electron chi connectivity index (χ4n) is 10.3. The molecule has 8 heteroatoms. The highest BCUT2D eigenvalue weighted by molar-refractivity contribution is 6.21. The Morgan fingerprint density at radius 1 is 0.767 bits per heavy atom. The third kappa shape index (κ3) is 10.2. The fourth-order valence-corrected chi connectivity index (χ4v) is 10.3. The molecule has 6 aliphatic rings. The number of hydrogen-bond acceptors (Lipinski definition) is 8. The van der Waals surface area contributed by atoms with Crippen LogP contribution in [-0.4, -0.2) is 46.0 Å². The summed E-state index contributed by atoms with van der Waals surface area (Å²) in [5.74, 6) is 0.198. The number of nitrogens with one attached hydrogen (secondary N) is 1. The number of nitrogens with zero attached hydrogens (tertiary/aromatic N) is 3. The summed E-state index contributed by atoms with van der Waals surface area (Å²) in [4.78, 5) is 28.7. The molecule has 3 N–H and O–H groups in total. The number of fused-ring (bicyclic) bond motifs is 5. The van der Waals surface area contributed by atoms with Crippen LogP contribution in [0, 0.1) is 11.8 Å². The van der Waals surface area contributed by atoms with Crippen LogP contribution in [0.25, 0.3) is 0 Å². The van der Waals surface area contributed by atoms with Crippen LogP contribution in [-0.2, 0) is 9.53 Å². The molecule has 5 heterocycles. The molecule has 1 aliphatic carbocycles. The van der Waals surface area contributed by atoms with Crippen molar-refractivity contribution in [2.24, 2.45) is 26.8 Å². The number of aliphatic hydroxyl groups is 2. The van der Waals surface area contributed by atoms with Crippen molar-refractivity contribution >= 4 is 23.1 Å². The van der Waals surface area contributed by atoms with Crippen LogP contribution < -0.4 is 5.32 Å². The van der Waals surface area contributed by atoms with Gasteiger partial charge in [0.2, 0.25) is 0 Å². The van der Waals surface area contributed by atoms with Crippen LogP contribution in [0.3, 0.4) is 0 Å². The predicted octanol–water partition coefficient (Wildman–Crippen LogP) is 13.0. The van der Waals surface area contributed by atoms with Crippen molar-refractivity contribution in [1.29, 1.82) is 0 Å². The molecule has 1 fully saturated rings. The zero-order chi connectivity index (χ0) is 42.9. The van der Waals surface area contributed by atoms with Crippen molar-refractivity contribution < 1.29 is 19.7 Å². The molecule has 326 valence electrons. The number of ether oxygens (including phenoxy) is 1. The first kappa shape index (κ1) is 45.5. The largest absolute Gasteiger partial charge is 0.511 e. The molecule has 0 amide bonds. The van der Waals surface area contributed by atoms with Gasteiger partial charge in [-0.15, -0.1) is 0 Å². The van der Waals surface area contributed by atoms with Gasteiger partial charge < -0.3 is 20.3 Å². The topological polar surface area (TPSA) is 116 Å². The van der Waals surface area contributed by atoms with Crippen LogP contribution in [0.5, 0.6) is 0 Å². The maximum Gasteiger partial charge on any atom is 0.305 e. The van der Waals surface area contributed by atoms with E-state index in [4.69, 9.17) is 19.7 Å². The highest BCUT2D eigenvalue weighted by atomic mass is 16.5. The molecule has 0 radical (unpaired) electrons. The van der Waals surface area contributed by atoms with Crippen LogP contribution in [0.1, 0.15) is 184 Å². The van der Waals surface area contributed by atoms with Gasteiger partial charge in [-0.1, -0.05) is 117 Å². The summed E-state index contributed by atoms with van der Waals surface area (Å²) in [6.07, 6.45) is 26.5. The van der Waals surface area contributed by atoms with E-state index in [2.05, 4.69) is 46.0 Å². The second kappa shape index (κ2) is 21.2. The third-order valence-corrected chi connectivity index (χ3v) is 13.8. The lowest BCUT2D eigenvalue weighted by atomic mass is 9.85. The van der Waals surface area contributed by atoms with Gasteiger partial charge in [0.05, 0.1) is 46.9 Å². The molecule has 5 aliphatic heterocycles. The number of esters is 1. The zero-order valence-electron chi connectivity index (χ0n) is 38.3. The standard InChI is InChI=1S/C52H74N4O4/c1-9-11-12-13-14-15-16-17-18-19-20-21-22-23-24-25-28-60-46(59)27-26-39-33(4)49-36(7)50-35(6)47(37(8)57)44(55-50)31-41-32(3)38(10-2)43(53-41)30-42-34(5)48-45(58)29-40(51(39)56-49)52(48)54-42/h30-31,33,37,39,56-58H,9-29H2,1-8H3/t33-,37-,39-/m0/s1. The summed E-state index contributed by atoms with van der Waals surface area (Å²) in [7, 11) is 0. The van der Waals surface area contributed by atoms with Crippen LogP contribution >= 0.6 is 0 Å². The second-order valence-electron chi connectivity index (χ2n) is 18.2. The molecular weight excluding hydrogens is 745 g/mol. The Morgan fingerprint density at radius 3 is 1.98 bits per heavy atom. The number of aliphatic hydroxyl groups excluding tert-OH is 2. The number of rotatable bonds is 22. The smallest absolute Gasteiger partial charge is 0.305 e. The number of carbonyl (C=O) groups is 1. The van der Waals surface area contributed by atoms with Gasteiger partial charge in [-0.3, -0.25) is 4.79 Å².